The molecule has 0 aliphatic carbocycles. The second kappa shape index (κ2) is 8.46. The Labute approximate surface area is 126 Å². The Morgan fingerprint density at radius 3 is 2.42 bits per heavy atom. The van der Waals surface area contributed by atoms with Gasteiger partial charge in [-0.3, -0.25) is 4.79 Å². The fourth-order valence-corrected chi connectivity index (χ4v) is 2.17. The summed E-state index contributed by atoms with van der Waals surface area (Å²) in [6.07, 6.45) is 3.65. The number of hydrogen-bond acceptors (Lipinski definition) is 3. The molecule has 19 heavy (non-hydrogen) atoms. The lowest BCUT2D eigenvalue weighted by atomic mass is 9.96. The molecule has 0 aliphatic rings. The SMILES string of the molecule is CCCC(C)(N)C(=O)NCc1ccc(SC)cc1.Cl. The fourth-order valence-electron chi connectivity index (χ4n) is 1.76. The molecule has 108 valence electrons. The molecule has 3 nitrogen and oxygen atoms in total. The highest BCUT2D eigenvalue weighted by molar-refractivity contribution is 7.98. The smallest absolute Gasteiger partial charge is 0.240 e. The van der Waals surface area contributed by atoms with Crippen LogP contribution in [0.2, 0.25) is 0 Å². The van der Waals surface area contributed by atoms with Crippen molar-refractivity contribution in [1.29, 1.82) is 0 Å². The van der Waals surface area contributed by atoms with Gasteiger partial charge in [0.05, 0.1) is 5.54 Å². The van der Waals surface area contributed by atoms with Crippen molar-refractivity contribution in [3.63, 3.8) is 0 Å². The summed E-state index contributed by atoms with van der Waals surface area (Å²) in [5.74, 6) is -0.0849. The third kappa shape index (κ3) is 5.85. The number of benzene rings is 1. The Hall–Kier alpha value is -0.710. The molecule has 0 bridgehead atoms. The molecule has 0 aromatic heterocycles. The first-order valence-electron chi connectivity index (χ1n) is 6.19. The third-order valence-corrected chi connectivity index (χ3v) is 3.64. The van der Waals surface area contributed by atoms with Gasteiger partial charge in [0.15, 0.2) is 0 Å². The lowest BCUT2D eigenvalue weighted by Crippen LogP contribution is -2.51. The van der Waals surface area contributed by atoms with Gasteiger partial charge < -0.3 is 11.1 Å². The molecule has 0 fully saturated rings. The summed E-state index contributed by atoms with van der Waals surface area (Å²) in [7, 11) is 0. The molecule has 1 rings (SSSR count). The number of carbonyl (C=O) groups excluding carboxylic acids is 1. The summed E-state index contributed by atoms with van der Waals surface area (Å²) in [5.41, 5.74) is 6.29. The van der Waals surface area contributed by atoms with Gasteiger partial charge in [-0.15, -0.1) is 24.2 Å². The molecule has 3 N–H and O–H groups in total. The molecule has 1 unspecified atom stereocenters. The van der Waals surface area contributed by atoms with Gasteiger partial charge in [-0.1, -0.05) is 25.5 Å². The van der Waals surface area contributed by atoms with E-state index in [4.69, 9.17) is 5.73 Å². The predicted molar refractivity (Wildman–Crippen MR) is 84.8 cm³/mol. The quantitative estimate of drug-likeness (QED) is 0.794. The molecule has 0 aliphatic heterocycles. The molecule has 0 saturated heterocycles. The normalized spacial score (nSPS) is 13.3. The average molecular weight is 303 g/mol. The van der Waals surface area contributed by atoms with E-state index < -0.39 is 5.54 Å². The summed E-state index contributed by atoms with van der Waals surface area (Å²) in [4.78, 5) is 13.1. The summed E-state index contributed by atoms with van der Waals surface area (Å²) in [6.45, 7) is 4.34. The summed E-state index contributed by atoms with van der Waals surface area (Å²) in [6, 6.07) is 8.17. The summed E-state index contributed by atoms with van der Waals surface area (Å²) >= 11 is 1.71. The third-order valence-electron chi connectivity index (χ3n) is 2.90. The second-order valence-corrected chi connectivity index (χ2v) is 5.58. The highest BCUT2D eigenvalue weighted by atomic mass is 35.5. The van der Waals surface area contributed by atoms with Crippen LogP contribution in [0, 0.1) is 0 Å². The van der Waals surface area contributed by atoms with Crippen molar-refractivity contribution >= 4 is 30.1 Å². The molecular weight excluding hydrogens is 280 g/mol. The van der Waals surface area contributed by atoms with Crippen LogP contribution < -0.4 is 11.1 Å². The van der Waals surface area contributed by atoms with Crippen LogP contribution in [0.15, 0.2) is 29.2 Å². The molecule has 5 heteroatoms. The van der Waals surface area contributed by atoms with E-state index in [1.807, 2.05) is 25.3 Å². The predicted octanol–water partition coefficient (Wildman–Crippen LogP) is 2.96. The van der Waals surface area contributed by atoms with Crippen LogP contribution in [-0.4, -0.2) is 17.7 Å². The zero-order valence-corrected chi connectivity index (χ0v) is 13.4. The molecule has 0 heterocycles. The summed E-state index contributed by atoms with van der Waals surface area (Å²) < 4.78 is 0. The van der Waals surface area contributed by atoms with Crippen LogP contribution in [0.25, 0.3) is 0 Å². The van der Waals surface area contributed by atoms with Crippen molar-refractivity contribution in [1.82, 2.24) is 5.32 Å². The van der Waals surface area contributed by atoms with Crippen molar-refractivity contribution in [3.05, 3.63) is 29.8 Å². The lowest BCUT2D eigenvalue weighted by Gasteiger charge is -2.22. The van der Waals surface area contributed by atoms with Crippen LogP contribution in [0.3, 0.4) is 0 Å². The van der Waals surface area contributed by atoms with Crippen molar-refractivity contribution in [3.8, 4) is 0 Å². The van der Waals surface area contributed by atoms with Crippen molar-refractivity contribution in [2.45, 2.75) is 43.7 Å². The second-order valence-electron chi connectivity index (χ2n) is 4.70. The molecule has 0 saturated carbocycles. The van der Waals surface area contributed by atoms with E-state index >= 15 is 0 Å². The number of rotatable bonds is 6. The number of hydrogen-bond donors (Lipinski definition) is 2. The monoisotopic (exact) mass is 302 g/mol. The van der Waals surface area contributed by atoms with E-state index in [2.05, 4.69) is 17.4 Å². The minimum atomic E-state index is -0.770. The Morgan fingerprint density at radius 1 is 1.37 bits per heavy atom. The largest absolute Gasteiger partial charge is 0.350 e. The highest BCUT2D eigenvalue weighted by Crippen LogP contribution is 2.15. The standard InChI is InChI=1S/C14H22N2OS.ClH/c1-4-9-14(2,15)13(17)16-10-11-5-7-12(18-3)8-6-11;/h5-8H,4,9-10,15H2,1-3H3,(H,16,17);1H. The number of halogens is 1. The maximum absolute atomic E-state index is 11.9. The maximum atomic E-state index is 11.9. The number of amides is 1. The minimum Gasteiger partial charge on any atom is -0.350 e. The topological polar surface area (TPSA) is 55.1 Å². The highest BCUT2D eigenvalue weighted by Gasteiger charge is 2.26. The lowest BCUT2D eigenvalue weighted by molar-refractivity contribution is -0.126. The van der Waals surface area contributed by atoms with E-state index in [0.29, 0.717) is 13.0 Å². The molecule has 0 radical (unpaired) electrons. The van der Waals surface area contributed by atoms with Crippen LogP contribution in [0.4, 0.5) is 0 Å². The van der Waals surface area contributed by atoms with Crippen molar-refractivity contribution in [2.24, 2.45) is 5.73 Å². The zero-order valence-electron chi connectivity index (χ0n) is 11.7. The fraction of sp³-hybridized carbons (Fsp3) is 0.500. The first-order valence-corrected chi connectivity index (χ1v) is 7.42. The van der Waals surface area contributed by atoms with Crippen LogP contribution in [0.5, 0.6) is 0 Å². The molecular formula is C14H23ClN2OS. The molecule has 1 atom stereocenters. The first kappa shape index (κ1) is 18.3. The number of nitrogens with two attached hydrogens (primary N) is 1. The van der Waals surface area contributed by atoms with Gasteiger partial charge in [-0.05, 0) is 37.3 Å². The van der Waals surface area contributed by atoms with Gasteiger partial charge in [0, 0.05) is 11.4 Å². The van der Waals surface area contributed by atoms with Gasteiger partial charge in [-0.2, -0.15) is 0 Å². The van der Waals surface area contributed by atoms with Crippen molar-refractivity contribution < 1.29 is 4.79 Å². The van der Waals surface area contributed by atoms with E-state index in [0.717, 1.165) is 12.0 Å². The van der Waals surface area contributed by atoms with Crippen LogP contribution >= 0.6 is 24.2 Å². The van der Waals surface area contributed by atoms with Crippen LogP contribution in [-0.2, 0) is 11.3 Å². The Morgan fingerprint density at radius 2 is 1.95 bits per heavy atom. The first-order chi connectivity index (χ1) is 8.49. The Bertz CT molecular complexity index is 393. The Balaban J connectivity index is 0.00000324. The number of thioether (sulfide) groups is 1. The molecule has 1 aromatic carbocycles. The summed E-state index contributed by atoms with van der Waals surface area (Å²) in [5, 5.41) is 2.89. The van der Waals surface area contributed by atoms with E-state index in [9.17, 15) is 4.79 Å². The van der Waals surface area contributed by atoms with Gasteiger partial charge >= 0.3 is 0 Å². The minimum absolute atomic E-state index is 0. The average Bonchev–Trinajstić information content (AvgIpc) is 2.36. The van der Waals surface area contributed by atoms with Crippen molar-refractivity contribution in [2.75, 3.05) is 6.26 Å². The number of nitrogens with one attached hydrogen (secondary N) is 1. The molecule has 0 spiro atoms. The van der Waals surface area contributed by atoms with Gasteiger partial charge in [0.1, 0.15) is 0 Å². The van der Waals surface area contributed by atoms with E-state index in [1.54, 1.807) is 18.7 Å². The van der Waals surface area contributed by atoms with Gasteiger partial charge in [-0.25, -0.2) is 0 Å². The van der Waals surface area contributed by atoms with E-state index in [-0.39, 0.29) is 18.3 Å². The van der Waals surface area contributed by atoms with E-state index in [1.165, 1.54) is 4.90 Å². The number of carbonyl (C=O) groups is 1. The zero-order chi connectivity index (χ0) is 13.6. The van der Waals surface area contributed by atoms with Gasteiger partial charge in [0.2, 0.25) is 5.91 Å². The Kier molecular flexibility index (Phi) is 8.14. The van der Waals surface area contributed by atoms with Gasteiger partial charge in [0.25, 0.3) is 0 Å². The molecule has 1 aromatic rings. The maximum Gasteiger partial charge on any atom is 0.240 e. The van der Waals surface area contributed by atoms with Crippen LogP contribution in [0.1, 0.15) is 32.3 Å². The molecule has 1 amide bonds.